The molecule has 0 radical (unpaired) electrons. The first-order valence-corrected chi connectivity index (χ1v) is 5.56. The van der Waals surface area contributed by atoms with Gasteiger partial charge >= 0.3 is 0 Å². The van der Waals surface area contributed by atoms with Gasteiger partial charge in [-0.25, -0.2) is 4.39 Å². The molecule has 82 valence electrons. The molecule has 4 heteroatoms. The summed E-state index contributed by atoms with van der Waals surface area (Å²) in [5.74, 6) is -0.879. The first-order valence-electron chi connectivity index (χ1n) is 4.74. The fraction of sp³-hybridized carbons (Fsp3) is 0.0833. The molecular formula is C12H10FNOS. The van der Waals surface area contributed by atoms with Crippen LogP contribution >= 0.6 is 11.3 Å². The van der Waals surface area contributed by atoms with Gasteiger partial charge in [0.1, 0.15) is 5.82 Å². The van der Waals surface area contributed by atoms with E-state index < -0.39 is 5.82 Å². The predicted molar refractivity (Wildman–Crippen MR) is 63.3 cm³/mol. The molecule has 1 aromatic carbocycles. The number of carbonyl (C=O) groups excluding carboxylic acids is 1. The molecule has 2 rings (SSSR count). The molecule has 16 heavy (non-hydrogen) atoms. The smallest absolute Gasteiger partial charge is 0.198 e. The van der Waals surface area contributed by atoms with Gasteiger partial charge in [0.2, 0.25) is 0 Å². The first kappa shape index (κ1) is 10.8. The average molecular weight is 235 g/mol. The SMILES string of the molecule is Cc1cc(C(=O)c2ccccc2F)c(N)s1. The number of nitrogens with two attached hydrogens (primary N) is 1. The zero-order chi connectivity index (χ0) is 11.7. The molecule has 2 N–H and O–H groups in total. The Bertz CT molecular complexity index is 548. The van der Waals surface area contributed by atoms with Gasteiger partial charge in [-0.1, -0.05) is 12.1 Å². The van der Waals surface area contributed by atoms with Gasteiger partial charge in [-0.05, 0) is 25.1 Å². The highest BCUT2D eigenvalue weighted by Gasteiger charge is 2.17. The first-order chi connectivity index (χ1) is 7.59. The van der Waals surface area contributed by atoms with E-state index in [4.69, 9.17) is 5.73 Å². The topological polar surface area (TPSA) is 43.1 Å². The third kappa shape index (κ3) is 1.84. The second-order valence-electron chi connectivity index (χ2n) is 3.44. The van der Waals surface area contributed by atoms with E-state index in [0.717, 1.165) is 4.88 Å². The van der Waals surface area contributed by atoms with E-state index in [1.165, 1.54) is 23.5 Å². The standard InChI is InChI=1S/C12H10FNOS/c1-7-6-9(12(14)16-7)11(15)8-4-2-3-5-10(8)13/h2-6H,14H2,1H3. The number of ketones is 1. The lowest BCUT2D eigenvalue weighted by molar-refractivity contribution is 0.103. The van der Waals surface area contributed by atoms with Crippen molar-refractivity contribution in [3.05, 3.63) is 52.2 Å². The van der Waals surface area contributed by atoms with Gasteiger partial charge in [-0.3, -0.25) is 4.79 Å². The molecule has 0 fully saturated rings. The van der Waals surface area contributed by atoms with Crippen molar-refractivity contribution < 1.29 is 9.18 Å². The summed E-state index contributed by atoms with van der Waals surface area (Å²) < 4.78 is 13.4. The Morgan fingerprint density at radius 2 is 2.00 bits per heavy atom. The van der Waals surface area contributed by atoms with E-state index in [1.54, 1.807) is 18.2 Å². The number of thiophene rings is 1. The fourth-order valence-electron chi connectivity index (χ4n) is 1.50. The van der Waals surface area contributed by atoms with Crippen LogP contribution in [-0.4, -0.2) is 5.78 Å². The molecule has 1 aromatic heterocycles. The van der Waals surface area contributed by atoms with Crippen LogP contribution in [0.15, 0.2) is 30.3 Å². The van der Waals surface area contributed by atoms with Crippen molar-refractivity contribution >= 4 is 22.1 Å². The fourth-order valence-corrected chi connectivity index (χ4v) is 2.29. The molecule has 0 amide bonds. The molecule has 0 atom stereocenters. The maximum Gasteiger partial charge on any atom is 0.198 e. The second kappa shape index (κ2) is 4.06. The Morgan fingerprint density at radius 1 is 1.31 bits per heavy atom. The van der Waals surface area contributed by atoms with Gasteiger partial charge < -0.3 is 5.73 Å². The number of benzene rings is 1. The largest absolute Gasteiger partial charge is 0.390 e. The van der Waals surface area contributed by atoms with Crippen LogP contribution in [0.2, 0.25) is 0 Å². The van der Waals surface area contributed by atoms with Crippen molar-refractivity contribution in [1.29, 1.82) is 0 Å². The van der Waals surface area contributed by atoms with E-state index in [1.807, 2.05) is 6.92 Å². The van der Waals surface area contributed by atoms with Crippen LogP contribution in [0.5, 0.6) is 0 Å². The number of hydrogen-bond acceptors (Lipinski definition) is 3. The molecule has 0 saturated carbocycles. The van der Waals surface area contributed by atoms with E-state index in [-0.39, 0.29) is 11.3 Å². The molecule has 1 heterocycles. The zero-order valence-corrected chi connectivity index (χ0v) is 9.48. The number of nitrogen functional groups attached to an aromatic ring is 1. The third-order valence-corrected chi connectivity index (χ3v) is 3.13. The molecule has 0 aliphatic heterocycles. The van der Waals surface area contributed by atoms with Gasteiger partial charge in [0.05, 0.1) is 16.1 Å². The minimum Gasteiger partial charge on any atom is -0.390 e. The maximum absolute atomic E-state index is 13.4. The summed E-state index contributed by atoms with van der Waals surface area (Å²) in [5.41, 5.74) is 6.15. The van der Waals surface area contributed by atoms with Gasteiger partial charge in [-0.15, -0.1) is 11.3 Å². The Hall–Kier alpha value is -1.68. The van der Waals surface area contributed by atoms with Gasteiger partial charge in [0.15, 0.2) is 5.78 Å². The molecule has 2 aromatic rings. The minimum absolute atomic E-state index is 0.0620. The minimum atomic E-state index is -0.518. The Balaban J connectivity index is 2.47. The highest BCUT2D eigenvalue weighted by Crippen LogP contribution is 2.27. The van der Waals surface area contributed by atoms with E-state index >= 15 is 0 Å². The normalized spacial score (nSPS) is 10.4. The van der Waals surface area contributed by atoms with Crippen molar-refractivity contribution in [2.75, 3.05) is 5.73 Å². The van der Waals surface area contributed by atoms with Crippen LogP contribution in [0.3, 0.4) is 0 Å². The molecule has 0 spiro atoms. The number of aryl methyl sites for hydroxylation is 1. The van der Waals surface area contributed by atoms with Crippen LogP contribution < -0.4 is 5.73 Å². The zero-order valence-electron chi connectivity index (χ0n) is 8.66. The molecule has 0 aliphatic rings. The maximum atomic E-state index is 13.4. The quantitative estimate of drug-likeness (QED) is 0.813. The molecule has 2 nitrogen and oxygen atoms in total. The summed E-state index contributed by atoms with van der Waals surface area (Å²) in [6.07, 6.45) is 0. The molecular weight excluding hydrogens is 225 g/mol. The monoisotopic (exact) mass is 235 g/mol. The Labute approximate surface area is 96.5 Å². The number of hydrogen-bond donors (Lipinski definition) is 1. The van der Waals surface area contributed by atoms with Crippen molar-refractivity contribution in [2.24, 2.45) is 0 Å². The highest BCUT2D eigenvalue weighted by molar-refractivity contribution is 7.16. The number of rotatable bonds is 2. The summed E-state index contributed by atoms with van der Waals surface area (Å²) in [7, 11) is 0. The highest BCUT2D eigenvalue weighted by atomic mass is 32.1. The van der Waals surface area contributed by atoms with Crippen LogP contribution in [0.1, 0.15) is 20.8 Å². The van der Waals surface area contributed by atoms with Gasteiger partial charge in [0, 0.05) is 4.88 Å². The van der Waals surface area contributed by atoms with Gasteiger partial charge in [-0.2, -0.15) is 0 Å². The molecule has 0 bridgehead atoms. The summed E-state index contributed by atoms with van der Waals surface area (Å²) in [4.78, 5) is 12.9. The van der Waals surface area contributed by atoms with E-state index in [2.05, 4.69) is 0 Å². The average Bonchev–Trinajstić information content (AvgIpc) is 2.58. The molecule has 0 saturated heterocycles. The Kier molecular flexibility index (Phi) is 2.75. The van der Waals surface area contributed by atoms with Crippen LogP contribution in [0.4, 0.5) is 9.39 Å². The van der Waals surface area contributed by atoms with Crippen molar-refractivity contribution in [2.45, 2.75) is 6.92 Å². The molecule has 0 aliphatic carbocycles. The van der Waals surface area contributed by atoms with E-state index in [0.29, 0.717) is 10.6 Å². The summed E-state index contributed by atoms with van der Waals surface area (Å²) in [6.45, 7) is 1.86. The van der Waals surface area contributed by atoms with Crippen molar-refractivity contribution in [1.82, 2.24) is 0 Å². The van der Waals surface area contributed by atoms with Crippen molar-refractivity contribution in [3.63, 3.8) is 0 Å². The number of halogens is 1. The summed E-state index contributed by atoms with van der Waals surface area (Å²) >= 11 is 1.33. The lowest BCUT2D eigenvalue weighted by Gasteiger charge is -2.00. The number of anilines is 1. The van der Waals surface area contributed by atoms with E-state index in [9.17, 15) is 9.18 Å². The molecule has 0 unspecified atom stereocenters. The summed E-state index contributed by atoms with van der Waals surface area (Å²) in [6, 6.07) is 7.60. The van der Waals surface area contributed by atoms with Crippen LogP contribution in [-0.2, 0) is 0 Å². The predicted octanol–water partition coefficient (Wildman–Crippen LogP) is 3.01. The van der Waals surface area contributed by atoms with Crippen LogP contribution in [0.25, 0.3) is 0 Å². The third-order valence-electron chi connectivity index (χ3n) is 2.25. The van der Waals surface area contributed by atoms with Crippen LogP contribution in [0, 0.1) is 12.7 Å². The number of carbonyl (C=O) groups is 1. The second-order valence-corrected chi connectivity index (χ2v) is 4.73. The van der Waals surface area contributed by atoms with Crippen molar-refractivity contribution in [3.8, 4) is 0 Å². The lowest BCUT2D eigenvalue weighted by atomic mass is 10.0. The lowest BCUT2D eigenvalue weighted by Crippen LogP contribution is -2.04. The summed E-state index contributed by atoms with van der Waals surface area (Å²) in [5, 5.41) is 0.436. The van der Waals surface area contributed by atoms with Gasteiger partial charge in [0.25, 0.3) is 0 Å². The Morgan fingerprint density at radius 3 is 2.56 bits per heavy atom.